The van der Waals surface area contributed by atoms with Gasteiger partial charge in [-0.25, -0.2) is 13.2 Å². The Morgan fingerprint density at radius 3 is 2.38 bits per heavy atom. The van der Waals surface area contributed by atoms with Gasteiger partial charge in [-0.15, -0.1) is 0 Å². The molecular weight excluding hydrogens is 394 g/mol. The number of rotatable bonds is 6. The second-order valence-electron chi connectivity index (χ2n) is 7.08. The molecule has 1 heterocycles. The molecule has 1 aliphatic rings. The molecule has 0 spiro atoms. The first-order chi connectivity index (χ1) is 13.7. The van der Waals surface area contributed by atoms with E-state index in [-0.39, 0.29) is 6.47 Å². The molecule has 1 unspecified atom stereocenters. The van der Waals surface area contributed by atoms with Gasteiger partial charge in [0.1, 0.15) is 0 Å². The maximum absolute atomic E-state index is 11.5. The third-order valence-corrected chi connectivity index (χ3v) is 6.01. The molecule has 0 amide bonds. The lowest BCUT2D eigenvalue weighted by Gasteiger charge is -2.17. The van der Waals surface area contributed by atoms with Crippen LogP contribution in [-0.4, -0.2) is 55.3 Å². The zero-order valence-corrected chi connectivity index (χ0v) is 17.0. The van der Waals surface area contributed by atoms with Crippen LogP contribution in [0.3, 0.4) is 0 Å². The molecule has 0 aliphatic carbocycles. The Balaban J connectivity index is 0.000000941. The fourth-order valence-electron chi connectivity index (χ4n) is 3.54. The van der Waals surface area contributed by atoms with Crippen LogP contribution in [0.1, 0.15) is 27.9 Å². The minimum Gasteiger partial charge on any atom is -0.483 e. The minimum absolute atomic E-state index is 0.250. The second kappa shape index (κ2) is 10.2. The summed E-state index contributed by atoms with van der Waals surface area (Å²) in [5.74, 6) is -0.438. The molecular formula is C21H25NO6S. The molecule has 3 rings (SSSR count). The van der Waals surface area contributed by atoms with Crippen LogP contribution in [0.5, 0.6) is 0 Å². The van der Waals surface area contributed by atoms with Gasteiger partial charge < -0.3 is 10.2 Å². The fourth-order valence-corrected chi connectivity index (χ4v) is 4.17. The average molecular weight is 419 g/mol. The molecule has 2 N–H and O–H groups in total. The van der Waals surface area contributed by atoms with E-state index in [1.807, 2.05) is 24.3 Å². The summed E-state index contributed by atoms with van der Waals surface area (Å²) < 4.78 is 23.1. The predicted octanol–water partition coefficient (Wildman–Crippen LogP) is 2.55. The van der Waals surface area contributed by atoms with Gasteiger partial charge in [-0.05, 0) is 54.6 Å². The number of carboxylic acid groups (broad SMARTS) is 2. The minimum atomic E-state index is -3.16. The van der Waals surface area contributed by atoms with Gasteiger partial charge in [-0.1, -0.05) is 30.3 Å². The van der Waals surface area contributed by atoms with Crippen molar-refractivity contribution in [1.29, 1.82) is 0 Å². The Morgan fingerprint density at radius 2 is 1.79 bits per heavy atom. The highest BCUT2D eigenvalue weighted by Gasteiger charge is 2.24. The van der Waals surface area contributed by atoms with Gasteiger partial charge in [0.25, 0.3) is 6.47 Å². The van der Waals surface area contributed by atoms with Gasteiger partial charge in [0.05, 0.1) is 10.5 Å². The van der Waals surface area contributed by atoms with Crippen molar-refractivity contribution < 1.29 is 28.2 Å². The van der Waals surface area contributed by atoms with Crippen molar-refractivity contribution >= 4 is 22.3 Å². The summed E-state index contributed by atoms with van der Waals surface area (Å²) in [5, 5.41) is 16.2. The molecule has 0 saturated carbocycles. The van der Waals surface area contributed by atoms with Crippen molar-refractivity contribution in [2.45, 2.75) is 24.3 Å². The Kier molecular flexibility index (Phi) is 7.92. The van der Waals surface area contributed by atoms with Crippen molar-refractivity contribution in [3.63, 3.8) is 0 Å². The first-order valence-corrected chi connectivity index (χ1v) is 11.0. The lowest BCUT2D eigenvalue weighted by molar-refractivity contribution is -0.122. The molecule has 2 aromatic carbocycles. The van der Waals surface area contributed by atoms with Crippen LogP contribution in [0.25, 0.3) is 0 Å². The van der Waals surface area contributed by atoms with E-state index in [0.717, 1.165) is 43.6 Å². The lowest BCUT2D eigenvalue weighted by Crippen LogP contribution is -2.21. The number of aromatic carboxylic acids is 1. The van der Waals surface area contributed by atoms with Crippen LogP contribution in [-0.2, 0) is 27.6 Å². The number of nitrogens with zero attached hydrogens (tertiary/aromatic N) is 1. The summed E-state index contributed by atoms with van der Waals surface area (Å²) >= 11 is 0. The first kappa shape index (κ1) is 22.6. The van der Waals surface area contributed by atoms with Gasteiger partial charge in [0.15, 0.2) is 9.84 Å². The van der Waals surface area contributed by atoms with Gasteiger partial charge >= 0.3 is 5.97 Å². The van der Waals surface area contributed by atoms with Crippen molar-refractivity contribution in [1.82, 2.24) is 4.90 Å². The van der Waals surface area contributed by atoms with Crippen LogP contribution in [0.4, 0.5) is 0 Å². The number of carbonyl (C=O) groups is 2. The monoisotopic (exact) mass is 419 g/mol. The van der Waals surface area contributed by atoms with E-state index >= 15 is 0 Å². The second-order valence-corrected chi connectivity index (χ2v) is 9.09. The number of hydrogen-bond donors (Lipinski definition) is 2. The summed E-state index contributed by atoms with van der Waals surface area (Å²) in [6.07, 6.45) is 3.02. The van der Waals surface area contributed by atoms with Gasteiger partial charge in [-0.2, -0.15) is 0 Å². The van der Waals surface area contributed by atoms with Crippen molar-refractivity contribution in [2.75, 3.05) is 19.3 Å². The van der Waals surface area contributed by atoms with Gasteiger partial charge in [0, 0.05) is 19.3 Å². The highest BCUT2D eigenvalue weighted by Crippen LogP contribution is 2.24. The summed E-state index contributed by atoms with van der Waals surface area (Å²) in [7, 11) is -3.16. The van der Waals surface area contributed by atoms with E-state index in [2.05, 4.69) is 4.90 Å². The molecule has 1 saturated heterocycles. The van der Waals surface area contributed by atoms with Crippen LogP contribution in [0.2, 0.25) is 0 Å². The molecule has 1 fully saturated rings. The average Bonchev–Trinajstić information content (AvgIpc) is 3.09. The maximum atomic E-state index is 11.5. The third-order valence-electron chi connectivity index (χ3n) is 4.88. The fraction of sp³-hybridized carbons (Fsp3) is 0.333. The van der Waals surface area contributed by atoms with E-state index < -0.39 is 15.8 Å². The van der Waals surface area contributed by atoms with Crippen LogP contribution < -0.4 is 0 Å². The Labute approximate surface area is 170 Å². The maximum Gasteiger partial charge on any atom is 0.335 e. The zero-order valence-electron chi connectivity index (χ0n) is 16.2. The molecule has 7 nitrogen and oxygen atoms in total. The third kappa shape index (κ3) is 6.69. The topological polar surface area (TPSA) is 112 Å². The predicted molar refractivity (Wildman–Crippen MR) is 109 cm³/mol. The number of likely N-dealkylation sites (tertiary alicyclic amines) is 1. The molecule has 0 aromatic heterocycles. The highest BCUT2D eigenvalue weighted by atomic mass is 32.2. The smallest absolute Gasteiger partial charge is 0.335 e. The van der Waals surface area contributed by atoms with E-state index in [9.17, 15) is 18.3 Å². The Morgan fingerprint density at radius 1 is 1.17 bits per heavy atom. The number of sulfone groups is 1. The normalized spacial score (nSPS) is 16.7. The number of hydrogen-bond acceptors (Lipinski definition) is 5. The number of carboxylic acids is 1. The Bertz CT molecular complexity index is 940. The molecule has 156 valence electrons. The quantitative estimate of drug-likeness (QED) is 0.692. The van der Waals surface area contributed by atoms with Crippen LogP contribution >= 0.6 is 0 Å². The molecule has 1 atom stereocenters. The summed E-state index contributed by atoms with van der Waals surface area (Å²) in [6.45, 7) is 2.41. The molecule has 8 heteroatoms. The van der Waals surface area contributed by atoms with Gasteiger partial charge in [-0.3, -0.25) is 9.69 Å². The van der Waals surface area contributed by atoms with E-state index in [0.29, 0.717) is 16.4 Å². The number of benzene rings is 2. The van der Waals surface area contributed by atoms with Crippen molar-refractivity contribution in [3.8, 4) is 0 Å². The Hall–Kier alpha value is -2.71. The SMILES string of the molecule is CS(=O)(=O)c1ccc(CN2CCC(Cc3ccccc3C(=O)O)C2)cc1.O=CO. The van der Waals surface area contributed by atoms with Crippen molar-refractivity contribution in [2.24, 2.45) is 5.92 Å². The summed E-state index contributed by atoms with van der Waals surface area (Å²) in [6, 6.07) is 14.2. The molecule has 0 radical (unpaired) electrons. The first-order valence-electron chi connectivity index (χ1n) is 9.15. The summed E-state index contributed by atoms with van der Waals surface area (Å²) in [5.41, 5.74) is 2.37. The van der Waals surface area contributed by atoms with Crippen molar-refractivity contribution in [3.05, 3.63) is 65.2 Å². The van der Waals surface area contributed by atoms with Crippen LogP contribution in [0, 0.1) is 5.92 Å². The van der Waals surface area contributed by atoms with E-state index in [1.165, 1.54) is 6.26 Å². The molecule has 2 aromatic rings. The van der Waals surface area contributed by atoms with Crippen LogP contribution in [0.15, 0.2) is 53.4 Å². The molecule has 1 aliphatic heterocycles. The van der Waals surface area contributed by atoms with E-state index in [4.69, 9.17) is 9.90 Å². The standard InChI is InChI=1S/C20H23NO4S.CH2O2/c1-26(24,25)18-8-6-15(7-9-18)13-21-11-10-16(14-21)12-17-4-2-3-5-19(17)20(22)23;2-1-3/h2-9,16H,10-14H2,1H3,(H,22,23);1H,(H,2,3). The molecule has 29 heavy (non-hydrogen) atoms. The van der Waals surface area contributed by atoms with E-state index in [1.54, 1.807) is 24.3 Å². The molecule has 0 bridgehead atoms. The largest absolute Gasteiger partial charge is 0.483 e. The summed E-state index contributed by atoms with van der Waals surface area (Å²) in [4.78, 5) is 22.4. The lowest BCUT2D eigenvalue weighted by atomic mass is 9.95. The highest BCUT2D eigenvalue weighted by molar-refractivity contribution is 7.90. The van der Waals surface area contributed by atoms with Gasteiger partial charge in [0.2, 0.25) is 0 Å². The zero-order chi connectivity index (χ0) is 21.4.